The second-order valence-electron chi connectivity index (χ2n) is 4.77. The average Bonchev–Trinajstić information content (AvgIpc) is 3.01. The van der Waals surface area contributed by atoms with Gasteiger partial charge in [-0.2, -0.15) is 0 Å². The number of nitrogens with one attached hydrogen (secondary N) is 1. The Bertz CT molecular complexity index is 826. The van der Waals surface area contributed by atoms with Crippen LogP contribution in [0.4, 0.5) is 10.7 Å². The lowest BCUT2D eigenvalue weighted by Crippen LogP contribution is -2.08. The molecule has 0 spiro atoms. The van der Waals surface area contributed by atoms with Crippen molar-refractivity contribution in [2.75, 3.05) is 12.4 Å². The van der Waals surface area contributed by atoms with Crippen molar-refractivity contribution in [1.29, 1.82) is 0 Å². The summed E-state index contributed by atoms with van der Waals surface area (Å²) in [5, 5.41) is 14.8. The van der Waals surface area contributed by atoms with Crippen LogP contribution in [0.3, 0.4) is 0 Å². The first kappa shape index (κ1) is 17.4. The predicted octanol–water partition coefficient (Wildman–Crippen LogP) is 3.52. The first-order valence-electron chi connectivity index (χ1n) is 6.81. The van der Waals surface area contributed by atoms with Gasteiger partial charge in [0.15, 0.2) is 5.78 Å². The molecule has 8 heteroatoms. The highest BCUT2D eigenvalue weighted by atomic mass is 32.1. The molecule has 0 unspecified atom stereocenters. The molecule has 0 saturated heterocycles. The quantitative estimate of drug-likeness (QED) is 0.373. The lowest BCUT2D eigenvalue weighted by Gasteiger charge is -2.09. The minimum atomic E-state index is -0.479. The first-order chi connectivity index (χ1) is 11.4. The van der Waals surface area contributed by atoms with Gasteiger partial charge in [0, 0.05) is 23.9 Å². The van der Waals surface area contributed by atoms with Crippen molar-refractivity contribution in [2.45, 2.75) is 6.92 Å². The molecule has 24 heavy (non-hydrogen) atoms. The molecule has 1 N–H and O–H groups in total. The van der Waals surface area contributed by atoms with Crippen LogP contribution >= 0.6 is 11.3 Å². The van der Waals surface area contributed by atoms with Crippen molar-refractivity contribution < 1.29 is 19.2 Å². The summed E-state index contributed by atoms with van der Waals surface area (Å²) in [6.45, 7) is 1.36. The Morgan fingerprint density at radius 1 is 1.33 bits per heavy atom. The van der Waals surface area contributed by atoms with Crippen LogP contribution in [0.15, 0.2) is 35.7 Å². The van der Waals surface area contributed by atoms with Gasteiger partial charge in [0.05, 0.1) is 17.7 Å². The molecule has 1 aromatic heterocycles. The molecule has 2 rings (SSSR count). The third-order valence-corrected chi connectivity index (χ3v) is 3.91. The van der Waals surface area contributed by atoms with Gasteiger partial charge in [0.25, 0.3) is 0 Å². The SMILES string of the molecule is COc1ccc(C(=O)C=Cc2csc([N+](=O)[O-])c2)cc1NC(C)=O. The summed E-state index contributed by atoms with van der Waals surface area (Å²) in [5.41, 5.74) is 1.34. The normalized spacial score (nSPS) is 10.6. The number of anilines is 1. The van der Waals surface area contributed by atoms with Crippen molar-refractivity contribution in [2.24, 2.45) is 0 Å². The van der Waals surface area contributed by atoms with E-state index in [2.05, 4.69) is 5.32 Å². The van der Waals surface area contributed by atoms with E-state index in [1.165, 1.54) is 38.3 Å². The number of hydrogen-bond donors (Lipinski definition) is 1. The summed E-state index contributed by atoms with van der Waals surface area (Å²) in [6, 6.07) is 6.07. The molecule has 7 nitrogen and oxygen atoms in total. The topological polar surface area (TPSA) is 98.5 Å². The van der Waals surface area contributed by atoms with E-state index in [9.17, 15) is 19.7 Å². The third-order valence-electron chi connectivity index (χ3n) is 3.01. The van der Waals surface area contributed by atoms with Crippen LogP contribution in [-0.2, 0) is 4.79 Å². The van der Waals surface area contributed by atoms with E-state index in [1.807, 2.05) is 0 Å². The highest BCUT2D eigenvalue weighted by Crippen LogP contribution is 2.26. The van der Waals surface area contributed by atoms with Crippen molar-refractivity contribution in [3.05, 3.63) is 57.0 Å². The van der Waals surface area contributed by atoms with E-state index in [0.717, 1.165) is 11.3 Å². The number of hydrogen-bond acceptors (Lipinski definition) is 6. The number of nitrogens with zero attached hydrogens (tertiary/aromatic N) is 1. The predicted molar refractivity (Wildman–Crippen MR) is 91.6 cm³/mol. The molecule has 124 valence electrons. The second-order valence-corrected chi connectivity index (χ2v) is 5.66. The molecule has 1 aromatic carbocycles. The standard InChI is InChI=1S/C16H14N2O5S/c1-10(19)17-13-8-12(4-6-15(13)23-2)14(20)5-3-11-7-16(18(21)22)24-9-11/h3-9H,1-2H3,(H,17,19). The summed E-state index contributed by atoms with van der Waals surface area (Å²) >= 11 is 0.994. The maximum absolute atomic E-state index is 12.2. The van der Waals surface area contributed by atoms with Crippen molar-refractivity contribution in [3.8, 4) is 5.75 Å². The Morgan fingerprint density at radius 3 is 2.67 bits per heavy atom. The zero-order valence-electron chi connectivity index (χ0n) is 12.9. The number of ether oxygens (including phenoxy) is 1. The van der Waals surface area contributed by atoms with E-state index in [1.54, 1.807) is 17.5 Å². The smallest absolute Gasteiger partial charge is 0.324 e. The molecule has 0 aliphatic rings. The van der Waals surface area contributed by atoms with Gasteiger partial charge in [0.1, 0.15) is 5.75 Å². The molecule has 0 saturated carbocycles. The minimum Gasteiger partial charge on any atom is -0.495 e. The highest BCUT2D eigenvalue weighted by molar-refractivity contribution is 7.13. The molecule has 0 radical (unpaired) electrons. The Balaban J connectivity index is 2.20. The summed E-state index contributed by atoms with van der Waals surface area (Å²) in [4.78, 5) is 33.6. The molecule has 2 aromatic rings. The van der Waals surface area contributed by atoms with Crippen LogP contribution in [0.2, 0.25) is 0 Å². The van der Waals surface area contributed by atoms with E-state index in [-0.39, 0.29) is 16.7 Å². The summed E-state index contributed by atoms with van der Waals surface area (Å²) in [7, 11) is 1.46. The van der Waals surface area contributed by atoms with Crippen LogP contribution in [0.5, 0.6) is 5.75 Å². The number of benzene rings is 1. The number of nitro groups is 1. The maximum atomic E-state index is 12.2. The van der Waals surface area contributed by atoms with E-state index >= 15 is 0 Å². The molecule has 1 amide bonds. The monoisotopic (exact) mass is 346 g/mol. The van der Waals surface area contributed by atoms with Gasteiger partial charge in [-0.05, 0) is 35.9 Å². The Kier molecular flexibility index (Phi) is 5.43. The maximum Gasteiger partial charge on any atom is 0.324 e. The van der Waals surface area contributed by atoms with Crippen LogP contribution in [0.1, 0.15) is 22.8 Å². The summed E-state index contributed by atoms with van der Waals surface area (Å²) < 4.78 is 5.13. The molecule has 0 fully saturated rings. The Hall–Kier alpha value is -3.00. The number of rotatable bonds is 6. The number of thiophene rings is 1. The average molecular weight is 346 g/mol. The summed E-state index contributed by atoms with van der Waals surface area (Å²) in [6.07, 6.45) is 2.83. The fourth-order valence-corrected chi connectivity index (χ4v) is 2.63. The van der Waals surface area contributed by atoms with E-state index in [0.29, 0.717) is 22.6 Å². The fraction of sp³-hybridized carbons (Fsp3) is 0.125. The number of ketones is 1. The molecule has 1 heterocycles. The second kappa shape index (κ2) is 7.51. The molecule has 0 atom stereocenters. The largest absolute Gasteiger partial charge is 0.495 e. The van der Waals surface area contributed by atoms with Crippen LogP contribution < -0.4 is 10.1 Å². The van der Waals surface area contributed by atoms with Gasteiger partial charge < -0.3 is 10.1 Å². The lowest BCUT2D eigenvalue weighted by molar-refractivity contribution is -0.380. The Morgan fingerprint density at radius 2 is 2.08 bits per heavy atom. The molecular formula is C16H14N2O5S. The zero-order chi connectivity index (χ0) is 17.7. The zero-order valence-corrected chi connectivity index (χ0v) is 13.8. The molecular weight excluding hydrogens is 332 g/mol. The molecule has 0 aliphatic heterocycles. The number of carbonyl (C=O) groups is 2. The highest BCUT2D eigenvalue weighted by Gasteiger charge is 2.11. The molecule has 0 aliphatic carbocycles. The summed E-state index contributed by atoms with van der Waals surface area (Å²) in [5.74, 6) is -0.128. The van der Waals surface area contributed by atoms with Crippen molar-refractivity contribution in [1.82, 2.24) is 0 Å². The van der Waals surface area contributed by atoms with Gasteiger partial charge in [0.2, 0.25) is 5.91 Å². The molecule has 0 bridgehead atoms. The van der Waals surface area contributed by atoms with Gasteiger partial charge in [-0.1, -0.05) is 11.3 Å². The van der Waals surface area contributed by atoms with Crippen molar-refractivity contribution in [3.63, 3.8) is 0 Å². The number of methoxy groups -OCH3 is 1. The first-order valence-corrected chi connectivity index (χ1v) is 7.69. The van der Waals surface area contributed by atoms with Gasteiger partial charge in [-0.15, -0.1) is 0 Å². The van der Waals surface area contributed by atoms with Crippen LogP contribution in [-0.4, -0.2) is 23.7 Å². The Labute approximate surface area is 141 Å². The van der Waals surface area contributed by atoms with Crippen LogP contribution in [0, 0.1) is 10.1 Å². The van der Waals surface area contributed by atoms with Crippen molar-refractivity contribution >= 4 is 39.8 Å². The number of amides is 1. The third kappa shape index (κ3) is 4.26. The van der Waals surface area contributed by atoms with Gasteiger partial charge in [-0.25, -0.2) is 0 Å². The number of carbonyl (C=O) groups excluding carboxylic acids is 2. The lowest BCUT2D eigenvalue weighted by atomic mass is 10.1. The van der Waals surface area contributed by atoms with Gasteiger partial charge in [-0.3, -0.25) is 19.7 Å². The van der Waals surface area contributed by atoms with E-state index in [4.69, 9.17) is 4.74 Å². The van der Waals surface area contributed by atoms with Gasteiger partial charge >= 0.3 is 5.00 Å². The van der Waals surface area contributed by atoms with Crippen LogP contribution in [0.25, 0.3) is 6.08 Å². The minimum absolute atomic E-state index is 0.0134. The van der Waals surface area contributed by atoms with E-state index < -0.39 is 4.92 Å². The number of allylic oxidation sites excluding steroid dienone is 1. The fourth-order valence-electron chi connectivity index (χ4n) is 1.94.